The lowest BCUT2D eigenvalue weighted by atomic mass is 10.1. The van der Waals surface area contributed by atoms with Crippen LogP contribution >= 0.6 is 18.6 Å². The molecule has 0 fully saturated rings. The van der Waals surface area contributed by atoms with E-state index in [0.29, 0.717) is 5.75 Å². The lowest BCUT2D eigenvalue weighted by Gasteiger charge is -2.27. The number of benzene rings is 3. The van der Waals surface area contributed by atoms with Gasteiger partial charge in [-0.3, -0.25) is 19.2 Å². The molecule has 0 spiro atoms. The van der Waals surface area contributed by atoms with Gasteiger partial charge < -0.3 is 42.8 Å². The molecular weight excluding hydrogens is 677 g/mol. The minimum atomic E-state index is -2.00. The van der Waals surface area contributed by atoms with Gasteiger partial charge in [-0.2, -0.15) is 0 Å². The van der Waals surface area contributed by atoms with Gasteiger partial charge in [0.15, 0.2) is 0 Å². The molecule has 0 aliphatic heterocycles. The third-order valence-electron chi connectivity index (χ3n) is 7.07. The van der Waals surface area contributed by atoms with E-state index in [1.807, 2.05) is 18.2 Å². The molecule has 3 aromatic rings. The topological polar surface area (TPSA) is 137 Å². The summed E-state index contributed by atoms with van der Waals surface area (Å²) in [7, 11) is 0.459. The average molecular weight is 719 g/mol. The summed E-state index contributed by atoms with van der Waals surface area (Å²) in [5.74, 6) is -1.84. The van der Waals surface area contributed by atoms with E-state index in [-0.39, 0.29) is 36.4 Å². The van der Waals surface area contributed by atoms with E-state index in [2.05, 4.69) is 98.3 Å². The molecule has 0 saturated carbocycles. The molecule has 45 heavy (non-hydrogen) atoms. The highest BCUT2D eigenvalue weighted by molar-refractivity contribution is 7.98. The first-order valence-electron chi connectivity index (χ1n) is 14.3. The fourth-order valence-electron chi connectivity index (χ4n) is 4.78. The number of methoxy groups -OCH3 is 2. The standard InChI is InChI=1S/C33H40N3O6PS.BrH/c1-41-31(38)23-35-32(39)29(36-30(37)20-19-28(34)33(40)42-2)24-44-22-12-21-43(25-13-6-3-7-14-25,26-15-8-4-9-16-26)27-17-10-5-11-18-27;/h3-11,13-18,22,28-29,44H,12,19-21,23-24,34H2,1-2H3,(H-,35,36,37,39);1H/t28-,29-;/m0./s1. The SMILES string of the molecule is COC(=O)CNC(=O)[C@H](C[SH]=CCC[P+](c1ccccc1)(c1ccccc1)c1ccccc1)NC(=O)CC[C@H](N)C(=O)OC.[Br-]. The number of ether oxygens (including phenoxy) is 2. The fourth-order valence-corrected chi connectivity index (χ4v) is 10.1. The van der Waals surface area contributed by atoms with E-state index in [9.17, 15) is 19.2 Å². The summed E-state index contributed by atoms with van der Waals surface area (Å²) in [5.41, 5.74) is 5.75. The summed E-state index contributed by atoms with van der Waals surface area (Å²) in [4.78, 5) is 48.8. The van der Waals surface area contributed by atoms with Gasteiger partial charge in [0, 0.05) is 18.6 Å². The van der Waals surface area contributed by atoms with Crippen LogP contribution in [0.25, 0.3) is 0 Å². The number of carbonyl (C=O) groups is 4. The van der Waals surface area contributed by atoms with Crippen molar-refractivity contribution in [2.75, 3.05) is 32.7 Å². The smallest absolute Gasteiger partial charge is 0.325 e. The number of hydrogen-bond acceptors (Lipinski definition) is 7. The zero-order chi connectivity index (χ0) is 31.8. The molecule has 0 saturated heterocycles. The van der Waals surface area contributed by atoms with Crippen LogP contribution in [0, 0.1) is 0 Å². The number of amides is 2. The van der Waals surface area contributed by atoms with Crippen LogP contribution in [-0.4, -0.2) is 73.9 Å². The molecule has 12 heteroatoms. The van der Waals surface area contributed by atoms with Crippen LogP contribution in [0.5, 0.6) is 0 Å². The van der Waals surface area contributed by atoms with E-state index < -0.39 is 43.1 Å². The Hall–Kier alpha value is -3.37. The first-order chi connectivity index (χ1) is 21.3. The van der Waals surface area contributed by atoms with Gasteiger partial charge in [0.2, 0.25) is 11.8 Å². The third kappa shape index (κ3) is 11.2. The van der Waals surface area contributed by atoms with Crippen molar-refractivity contribution < 1.29 is 45.6 Å². The van der Waals surface area contributed by atoms with Crippen LogP contribution < -0.4 is 49.3 Å². The van der Waals surface area contributed by atoms with Crippen molar-refractivity contribution in [1.82, 2.24) is 10.6 Å². The van der Waals surface area contributed by atoms with Crippen LogP contribution in [0.2, 0.25) is 0 Å². The predicted molar refractivity (Wildman–Crippen MR) is 181 cm³/mol. The van der Waals surface area contributed by atoms with Crippen molar-refractivity contribution in [3.8, 4) is 0 Å². The van der Waals surface area contributed by atoms with Crippen LogP contribution in [0.1, 0.15) is 19.3 Å². The highest BCUT2D eigenvalue weighted by Crippen LogP contribution is 2.55. The largest absolute Gasteiger partial charge is 1.00 e. The Bertz CT molecular complexity index is 1300. The zero-order valence-corrected chi connectivity index (χ0v) is 28.8. The third-order valence-corrected chi connectivity index (χ3v) is 12.6. The highest BCUT2D eigenvalue weighted by Gasteiger charge is 2.44. The number of nitrogens with two attached hydrogens (primary N) is 1. The van der Waals surface area contributed by atoms with Gasteiger partial charge in [-0.05, 0) is 42.8 Å². The normalized spacial score (nSPS) is 12.5. The summed E-state index contributed by atoms with van der Waals surface area (Å²) >= 11 is 0.846. The number of rotatable bonds is 16. The van der Waals surface area contributed by atoms with Gasteiger partial charge in [0.05, 0.1) is 20.4 Å². The van der Waals surface area contributed by atoms with E-state index in [4.69, 9.17) is 5.73 Å². The molecule has 0 aliphatic rings. The molecule has 0 aromatic heterocycles. The molecule has 2 atom stereocenters. The fraction of sp³-hybridized carbons (Fsp3) is 0.303. The highest BCUT2D eigenvalue weighted by atomic mass is 79.9. The maximum Gasteiger partial charge on any atom is 0.325 e. The first kappa shape index (κ1) is 37.8. The minimum Gasteiger partial charge on any atom is -1.00 e. The molecule has 3 aromatic carbocycles. The molecule has 0 bridgehead atoms. The maximum absolute atomic E-state index is 12.9. The molecule has 242 valence electrons. The number of halogens is 1. The van der Waals surface area contributed by atoms with Crippen LogP contribution in [0.4, 0.5) is 0 Å². The summed E-state index contributed by atoms with van der Waals surface area (Å²) in [6, 6.07) is 30.0. The van der Waals surface area contributed by atoms with Gasteiger partial charge in [-0.25, -0.2) is 11.4 Å². The average Bonchev–Trinajstić information content (AvgIpc) is 3.07. The molecular formula is C33H41BrN3O6PS. The van der Waals surface area contributed by atoms with Crippen molar-refractivity contribution in [2.45, 2.75) is 31.3 Å². The second-order valence-corrected chi connectivity index (χ2v) is 14.7. The Morgan fingerprint density at radius 2 is 1.36 bits per heavy atom. The van der Waals surface area contributed by atoms with E-state index in [1.165, 1.54) is 30.1 Å². The van der Waals surface area contributed by atoms with Crippen LogP contribution in [0.15, 0.2) is 91.0 Å². The number of hydrogen-bond donors (Lipinski definition) is 4. The van der Waals surface area contributed by atoms with Gasteiger partial charge in [0.1, 0.15) is 41.8 Å². The number of carbonyl (C=O) groups excluding carboxylic acids is 4. The summed E-state index contributed by atoms with van der Waals surface area (Å²) < 4.78 is 9.22. The quantitative estimate of drug-likeness (QED) is 0.0626. The van der Waals surface area contributed by atoms with Crippen molar-refractivity contribution in [1.29, 1.82) is 0 Å². The number of nitrogens with one attached hydrogen (secondary N) is 2. The summed E-state index contributed by atoms with van der Waals surface area (Å²) in [6.07, 6.45) is 1.67. The molecule has 2 amide bonds. The Morgan fingerprint density at radius 1 is 0.844 bits per heavy atom. The molecule has 4 N–H and O–H groups in total. The van der Waals surface area contributed by atoms with Crippen molar-refractivity contribution >= 4 is 63.6 Å². The van der Waals surface area contributed by atoms with Crippen molar-refractivity contribution in [2.24, 2.45) is 5.73 Å². The van der Waals surface area contributed by atoms with E-state index in [0.717, 1.165) is 23.9 Å². The predicted octanol–water partition coefficient (Wildman–Crippen LogP) is -1.30. The van der Waals surface area contributed by atoms with E-state index in [1.54, 1.807) is 0 Å². The summed E-state index contributed by atoms with van der Waals surface area (Å²) in [6.45, 7) is -0.312. The lowest BCUT2D eigenvalue weighted by Crippen LogP contribution is -3.00. The van der Waals surface area contributed by atoms with Crippen LogP contribution in [0.3, 0.4) is 0 Å². The molecule has 0 aliphatic carbocycles. The van der Waals surface area contributed by atoms with Gasteiger partial charge >= 0.3 is 11.9 Å². The monoisotopic (exact) mass is 717 g/mol. The molecule has 9 nitrogen and oxygen atoms in total. The van der Waals surface area contributed by atoms with E-state index >= 15 is 0 Å². The Kier molecular flexibility index (Phi) is 16.7. The van der Waals surface area contributed by atoms with Gasteiger partial charge in [-0.15, -0.1) is 0 Å². The Morgan fingerprint density at radius 3 is 1.82 bits per heavy atom. The minimum absolute atomic E-state index is 0. The lowest BCUT2D eigenvalue weighted by molar-refractivity contribution is -0.142. The summed E-state index contributed by atoms with van der Waals surface area (Å²) in [5, 5.41) is 11.2. The number of thiol groups is 1. The van der Waals surface area contributed by atoms with Gasteiger partial charge in [-0.1, -0.05) is 60.0 Å². The van der Waals surface area contributed by atoms with Crippen molar-refractivity contribution in [3.63, 3.8) is 0 Å². The molecule has 0 heterocycles. The maximum atomic E-state index is 12.9. The zero-order valence-electron chi connectivity index (χ0n) is 25.4. The molecule has 3 rings (SSSR count). The second kappa shape index (κ2) is 19.9. The van der Waals surface area contributed by atoms with Gasteiger partial charge in [0.25, 0.3) is 0 Å². The number of esters is 2. The molecule has 0 radical (unpaired) electrons. The Labute approximate surface area is 279 Å². The Balaban J connectivity index is 0.00000705. The first-order valence-corrected chi connectivity index (χ1v) is 17.4. The van der Waals surface area contributed by atoms with Crippen molar-refractivity contribution in [3.05, 3.63) is 91.0 Å². The second-order valence-electron chi connectivity index (χ2n) is 9.96. The molecule has 0 unspecified atom stereocenters. The van der Waals surface area contributed by atoms with Crippen LogP contribution in [-0.2, 0) is 28.7 Å².